The molecule has 1 radical (unpaired) electrons. The fourth-order valence-corrected chi connectivity index (χ4v) is 6.50. The van der Waals surface area contributed by atoms with Crippen molar-refractivity contribution in [3.8, 4) is 11.1 Å². The molecule has 0 heterocycles. The third kappa shape index (κ3) is 6.54. The first-order valence-corrected chi connectivity index (χ1v) is 13.9. The van der Waals surface area contributed by atoms with Crippen LogP contribution in [0.25, 0.3) is 11.1 Å². The molecule has 2 unspecified atom stereocenters. The van der Waals surface area contributed by atoms with Crippen LogP contribution in [0.2, 0.25) is 0 Å². The van der Waals surface area contributed by atoms with Gasteiger partial charge in [-0.2, -0.15) is 23.8 Å². The molecule has 4 aromatic rings. The van der Waals surface area contributed by atoms with Crippen LogP contribution in [0, 0.1) is 24.8 Å². The fraction of sp³-hybridized carbons (Fsp3) is 0.351. The number of fused-ring (bicyclic) bond motifs is 3. The van der Waals surface area contributed by atoms with E-state index in [0.717, 1.165) is 12.8 Å². The largest absolute Gasteiger partial charge is 3.00 e. The Morgan fingerprint density at radius 2 is 1.32 bits per heavy atom. The summed E-state index contributed by atoms with van der Waals surface area (Å²) in [7, 11) is 0. The average Bonchev–Trinajstić information content (AvgIpc) is 3.24. The van der Waals surface area contributed by atoms with Crippen LogP contribution in [-0.4, -0.2) is 0 Å². The molecule has 1 aliphatic carbocycles. The first-order chi connectivity index (χ1) is 17.6. The Balaban J connectivity index is 0.00000187. The molecule has 1 aliphatic rings. The standard InChI is InChI=1S/C37H41.2ClH.Zr/c1-25(27(3)36(4,5)31-14-10-8-11-15-31)20-28-18-19-33-30(22-28)23-29-21-26(2)35(24-34(29)33)37(6,7)32-16-12-9-13-17-32;;;/h8-19,21,24-25,27H,20,23H2,1-7H3;2*1H;/q-1;;;+3/p-2. The second kappa shape index (κ2) is 13.5. The molecule has 0 bridgehead atoms. The summed E-state index contributed by atoms with van der Waals surface area (Å²) >= 11 is 0. The molecule has 0 nitrogen and oxygen atoms in total. The number of rotatable bonds is 7. The maximum atomic E-state index is 3.86. The predicted octanol–water partition coefficient (Wildman–Crippen LogP) is 3.49. The maximum Gasteiger partial charge on any atom is 3.00 e. The van der Waals surface area contributed by atoms with Crippen LogP contribution in [0.1, 0.15) is 80.5 Å². The molecule has 207 valence electrons. The molecule has 0 aromatic heterocycles. The topological polar surface area (TPSA) is 0 Å². The number of aryl methyl sites for hydroxylation is 1. The summed E-state index contributed by atoms with van der Waals surface area (Å²) in [6, 6.07) is 35.3. The van der Waals surface area contributed by atoms with Crippen molar-refractivity contribution in [3.63, 3.8) is 0 Å². The molecule has 0 saturated heterocycles. The molecule has 0 N–H and O–H groups in total. The maximum absolute atomic E-state index is 3.86. The number of hydrogen-bond acceptors (Lipinski definition) is 0. The molecule has 0 aliphatic heterocycles. The van der Waals surface area contributed by atoms with Crippen molar-refractivity contribution in [2.24, 2.45) is 11.8 Å². The van der Waals surface area contributed by atoms with E-state index < -0.39 is 0 Å². The summed E-state index contributed by atoms with van der Waals surface area (Å²) in [6.45, 7) is 16.6. The van der Waals surface area contributed by atoms with Crippen LogP contribution < -0.4 is 24.8 Å². The van der Waals surface area contributed by atoms with Gasteiger partial charge in [0.2, 0.25) is 0 Å². The minimum atomic E-state index is -0.0378. The van der Waals surface area contributed by atoms with E-state index in [1.807, 2.05) is 0 Å². The van der Waals surface area contributed by atoms with Crippen molar-refractivity contribution < 1.29 is 51.0 Å². The van der Waals surface area contributed by atoms with Gasteiger partial charge in [-0.25, -0.2) is 0 Å². The van der Waals surface area contributed by atoms with Gasteiger partial charge in [0, 0.05) is 5.41 Å². The van der Waals surface area contributed by atoms with E-state index in [1.54, 1.807) is 0 Å². The Hall–Kier alpha value is -1.66. The molecule has 0 spiro atoms. The van der Waals surface area contributed by atoms with E-state index in [-0.39, 0.29) is 61.8 Å². The Labute approximate surface area is 274 Å². The summed E-state index contributed by atoms with van der Waals surface area (Å²) in [5.41, 5.74) is 12.6. The Morgan fingerprint density at radius 3 is 1.93 bits per heavy atom. The quantitative estimate of drug-likeness (QED) is 0.238. The number of benzene rings is 4. The zero-order valence-corrected chi connectivity index (χ0v) is 28.9. The molecular weight excluding hydrogens is 607 g/mol. The minimum Gasteiger partial charge on any atom is -1.00 e. The van der Waals surface area contributed by atoms with Crippen LogP contribution in [0.15, 0.2) is 84.9 Å². The smallest absolute Gasteiger partial charge is 1.00 e. The zero-order chi connectivity index (χ0) is 26.4. The molecule has 3 heteroatoms. The summed E-state index contributed by atoms with van der Waals surface area (Å²) in [4.78, 5) is 0. The molecule has 0 amide bonds. The number of hydrogen-bond donors (Lipinski definition) is 0. The first-order valence-electron chi connectivity index (χ1n) is 13.9. The van der Waals surface area contributed by atoms with Crippen LogP contribution in [0.4, 0.5) is 0 Å². The predicted molar refractivity (Wildman–Crippen MR) is 158 cm³/mol. The third-order valence-corrected chi connectivity index (χ3v) is 9.42. The van der Waals surface area contributed by atoms with Crippen LogP contribution in [-0.2, 0) is 49.9 Å². The van der Waals surface area contributed by atoms with Crippen molar-refractivity contribution in [2.45, 2.75) is 72.1 Å². The Morgan fingerprint density at radius 1 is 0.750 bits per heavy atom. The Kier molecular flexibility index (Phi) is 11.7. The summed E-state index contributed by atoms with van der Waals surface area (Å²) in [5.74, 6) is 1.12. The summed E-state index contributed by atoms with van der Waals surface area (Å²) in [6.07, 6.45) is 2.05. The SMILES string of the molecule is Cc1cc2c(cc1C(C)(C)c1ccccc1)-c1ccc(CC(C)C(C)C(C)(C)c3ccccc3)[c-]c1C2.[Cl-].[Cl-].[Zr+3]. The normalized spacial score (nSPS) is 13.6. The minimum absolute atomic E-state index is 0. The van der Waals surface area contributed by atoms with Gasteiger partial charge in [0.1, 0.15) is 0 Å². The molecule has 4 aromatic carbocycles. The third-order valence-electron chi connectivity index (χ3n) is 9.42. The Bertz CT molecular complexity index is 1410. The van der Waals surface area contributed by atoms with Gasteiger partial charge in [-0.3, -0.25) is 0 Å². The van der Waals surface area contributed by atoms with Crippen molar-refractivity contribution in [1.29, 1.82) is 0 Å². The summed E-state index contributed by atoms with van der Waals surface area (Å²) < 4.78 is 0. The van der Waals surface area contributed by atoms with Crippen molar-refractivity contribution in [1.82, 2.24) is 0 Å². The van der Waals surface area contributed by atoms with Crippen molar-refractivity contribution >= 4 is 0 Å². The first kappa shape index (κ1) is 34.5. The molecule has 5 rings (SSSR count). The summed E-state index contributed by atoms with van der Waals surface area (Å²) in [5, 5.41) is 0. The fourth-order valence-electron chi connectivity index (χ4n) is 6.50. The van der Waals surface area contributed by atoms with Gasteiger partial charge in [-0.05, 0) is 64.8 Å². The van der Waals surface area contributed by atoms with Crippen molar-refractivity contribution in [3.05, 3.63) is 130 Å². The monoisotopic (exact) mass is 645 g/mol. The van der Waals surface area contributed by atoms with Crippen LogP contribution >= 0.6 is 0 Å². The molecule has 0 fully saturated rings. The second-order valence-corrected chi connectivity index (χ2v) is 12.4. The van der Waals surface area contributed by atoms with Gasteiger partial charge >= 0.3 is 26.2 Å². The van der Waals surface area contributed by atoms with Crippen molar-refractivity contribution in [2.75, 3.05) is 0 Å². The number of halogens is 2. The zero-order valence-electron chi connectivity index (χ0n) is 24.9. The van der Waals surface area contributed by atoms with Gasteiger partial charge < -0.3 is 24.8 Å². The average molecular weight is 648 g/mol. The van der Waals surface area contributed by atoms with Gasteiger partial charge in [0.15, 0.2) is 0 Å². The van der Waals surface area contributed by atoms with E-state index in [9.17, 15) is 0 Å². The molecule has 0 saturated carbocycles. The van der Waals surface area contributed by atoms with E-state index in [1.165, 1.54) is 50.1 Å². The van der Waals surface area contributed by atoms with E-state index in [4.69, 9.17) is 0 Å². The van der Waals surface area contributed by atoms with Gasteiger partial charge in [0.05, 0.1) is 0 Å². The molecule has 2 atom stereocenters. The van der Waals surface area contributed by atoms with E-state index >= 15 is 0 Å². The van der Waals surface area contributed by atoms with Crippen LogP contribution in [0.3, 0.4) is 0 Å². The van der Waals surface area contributed by atoms with E-state index in [2.05, 4.69) is 139 Å². The molecule has 40 heavy (non-hydrogen) atoms. The molecular formula is C37H41Cl2Zr. The second-order valence-electron chi connectivity index (χ2n) is 12.4. The van der Waals surface area contributed by atoms with Crippen LogP contribution in [0.5, 0.6) is 0 Å². The van der Waals surface area contributed by atoms with Gasteiger partial charge in [-0.1, -0.05) is 120 Å². The van der Waals surface area contributed by atoms with Gasteiger partial charge in [0.25, 0.3) is 0 Å². The van der Waals surface area contributed by atoms with Gasteiger partial charge in [-0.15, -0.1) is 11.1 Å². The van der Waals surface area contributed by atoms with E-state index in [0.29, 0.717) is 11.8 Å².